The van der Waals surface area contributed by atoms with E-state index in [0.717, 1.165) is 51.5 Å². The lowest BCUT2D eigenvalue weighted by molar-refractivity contribution is -0.110. The summed E-state index contributed by atoms with van der Waals surface area (Å²) in [5.74, 6) is 0.872. The van der Waals surface area contributed by atoms with Crippen LogP contribution in [0, 0.1) is 0 Å². The quantitative estimate of drug-likeness (QED) is 0.378. The molecule has 1 N–H and O–H groups in total. The molecule has 5 rings (SSSR count). The van der Waals surface area contributed by atoms with Gasteiger partial charge in [-0.2, -0.15) is 0 Å². The average Bonchev–Trinajstić information content (AvgIpc) is 3.27. The summed E-state index contributed by atoms with van der Waals surface area (Å²) in [4.78, 5) is 13.1. The molecule has 32 heavy (non-hydrogen) atoms. The summed E-state index contributed by atoms with van der Waals surface area (Å²) in [6, 6.07) is 12.2. The molecule has 164 valence electrons. The smallest absolute Gasteiger partial charge is 0.256 e. The second-order valence-corrected chi connectivity index (χ2v) is 11.7. The van der Waals surface area contributed by atoms with Crippen molar-refractivity contribution >= 4 is 64.9 Å². The maximum Gasteiger partial charge on any atom is 0.256 e. The number of carbonyl (C=O) groups excluding carboxylic acids is 1. The first kappa shape index (κ1) is 21.7. The first-order chi connectivity index (χ1) is 15.3. The Bertz CT molecular complexity index is 1370. The summed E-state index contributed by atoms with van der Waals surface area (Å²) in [5, 5.41) is 2.88. The number of benzene rings is 2. The molecule has 8 heteroatoms. The molecule has 1 aliphatic carbocycles. The minimum absolute atomic E-state index is 0.161. The molecule has 3 aromatic rings. The number of anilines is 1. The Hall–Kier alpha value is -2.16. The predicted molar refractivity (Wildman–Crippen MR) is 131 cm³/mol. The van der Waals surface area contributed by atoms with Gasteiger partial charge in [-0.05, 0) is 71.1 Å². The van der Waals surface area contributed by atoms with E-state index in [1.807, 2.05) is 12.1 Å². The first-order valence-electron chi connectivity index (χ1n) is 10.3. The second kappa shape index (κ2) is 8.32. The molecular formula is C24H19Br2NO4S. The van der Waals surface area contributed by atoms with Crippen molar-refractivity contribution in [2.75, 3.05) is 5.32 Å². The summed E-state index contributed by atoms with van der Waals surface area (Å²) < 4.78 is 34.1. The van der Waals surface area contributed by atoms with Crippen molar-refractivity contribution in [1.29, 1.82) is 0 Å². The van der Waals surface area contributed by atoms with Crippen molar-refractivity contribution in [1.82, 2.24) is 0 Å². The van der Waals surface area contributed by atoms with E-state index < -0.39 is 9.84 Å². The molecule has 0 saturated heterocycles. The predicted octanol–water partition coefficient (Wildman–Crippen LogP) is 6.15. The molecule has 0 saturated carbocycles. The van der Waals surface area contributed by atoms with Gasteiger partial charge in [-0.15, -0.1) is 0 Å². The number of halogens is 2. The Morgan fingerprint density at radius 2 is 1.81 bits per heavy atom. The van der Waals surface area contributed by atoms with Crippen molar-refractivity contribution in [2.24, 2.45) is 0 Å². The van der Waals surface area contributed by atoms with Crippen molar-refractivity contribution < 1.29 is 17.6 Å². The number of amides is 1. The maximum atomic E-state index is 13.2. The average molecular weight is 577 g/mol. The fourth-order valence-electron chi connectivity index (χ4n) is 4.32. The van der Waals surface area contributed by atoms with E-state index in [4.69, 9.17) is 4.42 Å². The molecule has 1 aliphatic heterocycles. The van der Waals surface area contributed by atoms with Gasteiger partial charge < -0.3 is 9.73 Å². The summed E-state index contributed by atoms with van der Waals surface area (Å²) in [5.41, 5.74) is 3.51. The van der Waals surface area contributed by atoms with Gasteiger partial charge in [-0.1, -0.05) is 34.1 Å². The lowest BCUT2D eigenvalue weighted by Crippen LogP contribution is -2.09. The van der Waals surface area contributed by atoms with Gasteiger partial charge in [0, 0.05) is 26.5 Å². The van der Waals surface area contributed by atoms with E-state index in [9.17, 15) is 13.2 Å². The van der Waals surface area contributed by atoms with Crippen LogP contribution in [0.5, 0.6) is 0 Å². The van der Waals surface area contributed by atoms with Crippen molar-refractivity contribution in [3.8, 4) is 0 Å². The topological polar surface area (TPSA) is 76.4 Å². The first-order valence-corrected chi connectivity index (χ1v) is 13.5. The Balaban J connectivity index is 1.64. The van der Waals surface area contributed by atoms with Crippen LogP contribution in [-0.2, 0) is 33.2 Å². The highest BCUT2D eigenvalue weighted by molar-refractivity contribution is 9.11. The highest BCUT2D eigenvalue weighted by atomic mass is 79.9. The van der Waals surface area contributed by atoms with Gasteiger partial charge >= 0.3 is 0 Å². The van der Waals surface area contributed by atoms with Gasteiger partial charge in [0.15, 0.2) is 9.84 Å². The standard InChI is InChI=1S/C24H19Br2NO4S/c25-14-10-17-18(24(28)27-23(17)20(26)11-14)12-22-19(16-8-4-5-9-21(16)31-22)13-32(29,30)15-6-2-1-3-7-15/h1-3,6-7,10-12H,4-5,8-9,13H2,(H,27,28). The zero-order chi connectivity index (χ0) is 22.5. The minimum atomic E-state index is -3.57. The van der Waals surface area contributed by atoms with Crippen LogP contribution in [0.25, 0.3) is 11.6 Å². The molecule has 0 bridgehead atoms. The number of sulfone groups is 1. The van der Waals surface area contributed by atoms with Crippen molar-refractivity contribution in [3.63, 3.8) is 0 Å². The van der Waals surface area contributed by atoms with E-state index >= 15 is 0 Å². The van der Waals surface area contributed by atoms with Crippen LogP contribution >= 0.6 is 31.9 Å². The largest absolute Gasteiger partial charge is 0.461 e. The summed E-state index contributed by atoms with van der Waals surface area (Å²) >= 11 is 6.97. The molecule has 5 nitrogen and oxygen atoms in total. The Kier molecular flexibility index (Phi) is 5.63. The van der Waals surface area contributed by atoms with Gasteiger partial charge in [0.2, 0.25) is 0 Å². The fraction of sp³-hybridized carbons (Fsp3) is 0.208. The second-order valence-electron chi connectivity index (χ2n) is 7.95. The highest BCUT2D eigenvalue weighted by Gasteiger charge is 2.30. The Morgan fingerprint density at radius 1 is 1.06 bits per heavy atom. The highest BCUT2D eigenvalue weighted by Crippen LogP contribution is 2.42. The fourth-order valence-corrected chi connectivity index (χ4v) is 7.08. The lowest BCUT2D eigenvalue weighted by Gasteiger charge is -2.11. The van der Waals surface area contributed by atoms with Crippen LogP contribution < -0.4 is 5.32 Å². The molecular weight excluding hydrogens is 558 g/mol. The van der Waals surface area contributed by atoms with Crippen LogP contribution in [0.1, 0.15) is 41.1 Å². The van der Waals surface area contributed by atoms with Crippen molar-refractivity contribution in [2.45, 2.75) is 36.3 Å². The monoisotopic (exact) mass is 575 g/mol. The van der Waals surface area contributed by atoms with E-state index in [0.29, 0.717) is 22.6 Å². The third-order valence-electron chi connectivity index (χ3n) is 5.85. The lowest BCUT2D eigenvalue weighted by atomic mass is 9.95. The molecule has 0 spiro atoms. The number of nitrogens with one attached hydrogen (secondary N) is 1. The van der Waals surface area contributed by atoms with Crippen LogP contribution in [0.2, 0.25) is 0 Å². The molecule has 0 radical (unpaired) electrons. The normalized spacial score (nSPS) is 16.7. The summed E-state index contributed by atoms with van der Waals surface area (Å²) in [7, 11) is -3.57. The zero-order valence-electron chi connectivity index (χ0n) is 17.0. The van der Waals surface area contributed by atoms with E-state index in [1.165, 1.54) is 0 Å². The molecule has 1 aromatic heterocycles. The van der Waals surface area contributed by atoms with Gasteiger partial charge in [0.1, 0.15) is 11.5 Å². The maximum absolute atomic E-state index is 13.2. The van der Waals surface area contributed by atoms with Gasteiger partial charge in [-0.25, -0.2) is 8.42 Å². The summed E-state index contributed by atoms with van der Waals surface area (Å²) in [6.45, 7) is 0. The molecule has 0 atom stereocenters. The van der Waals surface area contributed by atoms with Gasteiger partial charge in [0.05, 0.1) is 21.9 Å². The molecule has 0 fully saturated rings. The molecule has 0 unspecified atom stereocenters. The van der Waals surface area contributed by atoms with Gasteiger partial charge in [-0.3, -0.25) is 4.79 Å². The van der Waals surface area contributed by atoms with Crippen LogP contribution in [0.15, 0.2) is 60.7 Å². The number of rotatable bonds is 4. The van der Waals surface area contributed by atoms with Crippen molar-refractivity contribution in [3.05, 3.63) is 79.6 Å². The van der Waals surface area contributed by atoms with Crippen LogP contribution in [0.4, 0.5) is 5.69 Å². The number of hydrogen-bond donors (Lipinski definition) is 1. The number of carbonyl (C=O) groups is 1. The van der Waals surface area contributed by atoms with E-state index in [-0.39, 0.29) is 16.6 Å². The molecule has 2 aliphatic rings. The summed E-state index contributed by atoms with van der Waals surface area (Å²) in [6.07, 6.45) is 5.24. The van der Waals surface area contributed by atoms with E-state index in [1.54, 1.807) is 36.4 Å². The molecule has 1 amide bonds. The van der Waals surface area contributed by atoms with Crippen LogP contribution in [0.3, 0.4) is 0 Å². The van der Waals surface area contributed by atoms with Gasteiger partial charge in [0.25, 0.3) is 5.91 Å². The minimum Gasteiger partial charge on any atom is -0.461 e. The molecule has 2 heterocycles. The Labute approximate surface area is 203 Å². The SMILES string of the molecule is O=C1Nc2c(Br)cc(Br)cc2C1=Cc1oc2c(c1CS(=O)(=O)c1ccccc1)CCCC2. The number of aryl methyl sites for hydroxylation is 1. The zero-order valence-corrected chi connectivity index (χ0v) is 20.9. The molecule has 2 aromatic carbocycles. The number of hydrogen-bond acceptors (Lipinski definition) is 4. The van der Waals surface area contributed by atoms with Crippen LogP contribution in [-0.4, -0.2) is 14.3 Å². The van der Waals surface area contributed by atoms with E-state index in [2.05, 4.69) is 37.2 Å². The third-order valence-corrected chi connectivity index (χ3v) is 8.59. The number of fused-ring (bicyclic) bond motifs is 2. The number of furan rings is 1. The Morgan fingerprint density at radius 3 is 2.59 bits per heavy atom. The third kappa shape index (κ3) is 3.89.